The van der Waals surface area contributed by atoms with Crippen molar-refractivity contribution in [3.05, 3.63) is 69.3 Å². The third kappa shape index (κ3) is 4.71. The molecule has 2 fully saturated rings. The van der Waals surface area contributed by atoms with Gasteiger partial charge in [-0.05, 0) is 65.5 Å². The zero-order valence-electron chi connectivity index (χ0n) is 19.8. The summed E-state index contributed by atoms with van der Waals surface area (Å²) in [7, 11) is 1.25. The van der Waals surface area contributed by atoms with Gasteiger partial charge in [0.2, 0.25) is 5.91 Å². The molecule has 2 aliphatic rings. The first-order valence-electron chi connectivity index (χ1n) is 11.5. The Morgan fingerprint density at radius 1 is 1.31 bits per heavy atom. The number of amides is 3. The summed E-state index contributed by atoms with van der Waals surface area (Å²) in [6, 6.07) is 7.05. The molecule has 1 atom stereocenters. The molecule has 190 valence electrons. The number of anilines is 1. The predicted octanol–water partition coefficient (Wildman–Crippen LogP) is 4.98. The highest BCUT2D eigenvalue weighted by Crippen LogP contribution is 2.57. The van der Waals surface area contributed by atoms with Gasteiger partial charge in [-0.3, -0.25) is 9.78 Å². The Morgan fingerprint density at radius 2 is 2.03 bits per heavy atom. The molecule has 8 nitrogen and oxygen atoms in total. The zero-order chi connectivity index (χ0) is 26.0. The quantitative estimate of drug-likeness (QED) is 0.306. The number of carbonyl (C=O) groups is 3. The first kappa shape index (κ1) is 26.1. The first-order chi connectivity index (χ1) is 17.2. The fourth-order valence-electron chi connectivity index (χ4n) is 4.81. The minimum Gasteiger partial charge on any atom is -0.464 e. The lowest BCUT2D eigenvalue weighted by molar-refractivity contribution is -0.144. The average Bonchev–Trinajstić information content (AvgIpc) is 2.88. The molecule has 1 N–H and O–H groups in total. The third-order valence-electron chi connectivity index (χ3n) is 6.64. The van der Waals surface area contributed by atoms with Crippen molar-refractivity contribution in [2.45, 2.75) is 32.2 Å². The fraction of sp³-hybridized carbons (Fsp3) is 0.360. The number of hydrogen-bond donors (Lipinski definition) is 1. The molecule has 3 amide bonds. The van der Waals surface area contributed by atoms with Crippen LogP contribution in [0.3, 0.4) is 0 Å². The molecule has 0 bridgehead atoms. The van der Waals surface area contributed by atoms with Crippen LogP contribution in [0.2, 0.25) is 5.02 Å². The van der Waals surface area contributed by atoms with Crippen molar-refractivity contribution in [3.8, 4) is 0 Å². The number of allylic oxidation sites excluding steroid dienone is 1. The summed E-state index contributed by atoms with van der Waals surface area (Å²) in [4.78, 5) is 46.1. The summed E-state index contributed by atoms with van der Waals surface area (Å²) in [5, 5.41) is 2.55. The Hall–Kier alpha value is -2.98. The van der Waals surface area contributed by atoms with E-state index in [1.807, 2.05) is 19.1 Å². The number of β-lactam (4-membered cyclic amide) rings is 1. The largest absolute Gasteiger partial charge is 0.464 e. The zero-order valence-corrected chi connectivity index (χ0v) is 22.1. The Labute approximate surface area is 221 Å². The van der Waals surface area contributed by atoms with Gasteiger partial charge in [-0.15, -0.1) is 0 Å². The van der Waals surface area contributed by atoms with E-state index in [1.54, 1.807) is 22.1 Å². The number of pyridine rings is 1. The van der Waals surface area contributed by atoms with Gasteiger partial charge in [-0.2, -0.15) is 0 Å². The number of likely N-dealkylation sites (tertiary alicyclic amines) is 1. The molecular weight excluding hydrogens is 555 g/mol. The van der Waals surface area contributed by atoms with Crippen molar-refractivity contribution < 1.29 is 23.5 Å². The van der Waals surface area contributed by atoms with Gasteiger partial charge in [-0.25, -0.2) is 14.0 Å². The highest BCUT2D eigenvalue weighted by molar-refractivity contribution is 9.10. The second-order valence-corrected chi connectivity index (χ2v) is 9.99. The Bertz CT molecular complexity index is 1220. The summed E-state index contributed by atoms with van der Waals surface area (Å²) < 4.78 is 19.3. The van der Waals surface area contributed by atoms with Crippen LogP contribution in [0.15, 0.2) is 52.8 Å². The highest BCUT2D eigenvalue weighted by Gasteiger charge is 2.62. The fourth-order valence-corrected chi connectivity index (χ4v) is 5.22. The number of esters is 1. The topological polar surface area (TPSA) is 91.8 Å². The van der Waals surface area contributed by atoms with E-state index in [0.29, 0.717) is 43.7 Å². The molecule has 11 heteroatoms. The first-order valence-corrected chi connectivity index (χ1v) is 12.6. The van der Waals surface area contributed by atoms with Gasteiger partial charge in [0.1, 0.15) is 11.5 Å². The molecule has 2 saturated heterocycles. The van der Waals surface area contributed by atoms with Crippen molar-refractivity contribution in [3.63, 3.8) is 0 Å². The van der Waals surface area contributed by atoms with Crippen LogP contribution in [0.1, 0.15) is 37.9 Å². The van der Waals surface area contributed by atoms with E-state index < -0.39 is 29.3 Å². The summed E-state index contributed by atoms with van der Waals surface area (Å²) in [6.45, 7) is 2.46. The Kier molecular flexibility index (Phi) is 7.65. The van der Waals surface area contributed by atoms with E-state index in [9.17, 15) is 18.8 Å². The van der Waals surface area contributed by atoms with Crippen molar-refractivity contribution in [2.24, 2.45) is 5.41 Å². The molecule has 1 aromatic heterocycles. The number of ether oxygens (including phenoxy) is 1. The summed E-state index contributed by atoms with van der Waals surface area (Å²) in [6.07, 6.45) is 4.61. The minimum absolute atomic E-state index is 0.0724. The lowest BCUT2D eigenvalue weighted by Crippen LogP contribution is -2.67. The number of urea groups is 1. The number of hydrogen-bond acceptors (Lipinski definition) is 5. The van der Waals surface area contributed by atoms with E-state index in [0.717, 1.165) is 4.47 Å². The second-order valence-electron chi connectivity index (χ2n) is 8.67. The van der Waals surface area contributed by atoms with Crippen LogP contribution in [-0.2, 0) is 14.3 Å². The molecule has 0 aliphatic carbocycles. The van der Waals surface area contributed by atoms with Gasteiger partial charge in [0.25, 0.3) is 0 Å². The Balaban J connectivity index is 1.57. The van der Waals surface area contributed by atoms with Gasteiger partial charge < -0.3 is 19.9 Å². The smallest absolute Gasteiger partial charge is 0.354 e. The maximum atomic E-state index is 13.8. The van der Waals surface area contributed by atoms with Crippen LogP contribution in [0, 0.1) is 11.2 Å². The molecule has 1 spiro atoms. The normalized spacial score (nSPS) is 19.2. The molecule has 4 rings (SSSR count). The number of nitrogens with one attached hydrogen (secondary N) is 1. The van der Waals surface area contributed by atoms with Crippen LogP contribution >= 0.6 is 27.5 Å². The maximum absolute atomic E-state index is 13.8. The maximum Gasteiger partial charge on any atom is 0.354 e. The second kappa shape index (κ2) is 10.6. The average molecular weight is 580 g/mol. The number of aromatic nitrogens is 1. The van der Waals surface area contributed by atoms with Crippen LogP contribution < -0.4 is 10.2 Å². The molecule has 1 aromatic carbocycles. The molecule has 0 radical (unpaired) electrons. The molecule has 0 saturated carbocycles. The van der Waals surface area contributed by atoms with E-state index in [2.05, 4.69) is 26.2 Å². The molecule has 36 heavy (non-hydrogen) atoms. The third-order valence-corrected chi connectivity index (χ3v) is 7.39. The minimum atomic E-state index is -0.775. The van der Waals surface area contributed by atoms with Gasteiger partial charge in [-0.1, -0.05) is 24.6 Å². The lowest BCUT2D eigenvalue weighted by atomic mass is 9.63. The molecule has 1 unspecified atom stereocenters. The predicted molar refractivity (Wildman–Crippen MR) is 136 cm³/mol. The monoisotopic (exact) mass is 578 g/mol. The van der Waals surface area contributed by atoms with Crippen molar-refractivity contribution >= 4 is 51.1 Å². The van der Waals surface area contributed by atoms with Gasteiger partial charge in [0.05, 0.1) is 29.3 Å². The summed E-state index contributed by atoms with van der Waals surface area (Å²) in [5.41, 5.74) is 0.485. The number of benzene rings is 1. The molecule has 2 aliphatic heterocycles. The van der Waals surface area contributed by atoms with Crippen LogP contribution in [0.25, 0.3) is 0 Å². The standard InChI is InChI=1S/C25H25BrClFN4O4/c1-3-4-20(22(33)36-2)30-24(35)31-11-9-25(10-12-31)21(19-8-5-15(26)14-29-19)32(23(25)34)16-6-7-18(28)17(27)13-16/h4-8,13-14,21H,3,9-12H2,1-2H3,(H,30,35)/b20-4+. The molecule has 2 aromatic rings. The number of nitrogens with zero attached hydrogens (tertiary/aromatic N) is 3. The van der Waals surface area contributed by atoms with Crippen molar-refractivity contribution in [1.29, 1.82) is 0 Å². The number of rotatable bonds is 5. The van der Waals surface area contributed by atoms with Crippen LogP contribution in [0.5, 0.6) is 0 Å². The lowest BCUT2D eigenvalue weighted by Gasteiger charge is -2.58. The molecule has 3 heterocycles. The Morgan fingerprint density at radius 3 is 2.61 bits per heavy atom. The van der Waals surface area contributed by atoms with Crippen molar-refractivity contribution in [1.82, 2.24) is 15.2 Å². The number of piperidine rings is 1. The van der Waals surface area contributed by atoms with Crippen LogP contribution in [0.4, 0.5) is 14.9 Å². The van der Waals surface area contributed by atoms with E-state index in [1.165, 1.54) is 25.3 Å². The van der Waals surface area contributed by atoms with E-state index in [4.69, 9.17) is 16.3 Å². The van der Waals surface area contributed by atoms with Gasteiger partial charge >= 0.3 is 12.0 Å². The summed E-state index contributed by atoms with van der Waals surface area (Å²) >= 11 is 9.40. The SMILES string of the molecule is CC/C=C(/NC(=O)N1CCC2(CC1)C(=O)N(c1ccc(F)c(Cl)c1)C2c1ccc(Br)cn1)C(=O)OC. The highest BCUT2D eigenvalue weighted by atomic mass is 79.9. The van der Waals surface area contributed by atoms with E-state index in [-0.39, 0.29) is 16.6 Å². The number of carbonyl (C=O) groups excluding carboxylic acids is 3. The summed E-state index contributed by atoms with van der Waals surface area (Å²) in [5.74, 6) is -1.31. The number of methoxy groups -OCH3 is 1. The van der Waals surface area contributed by atoms with Crippen LogP contribution in [-0.4, -0.2) is 48.0 Å². The van der Waals surface area contributed by atoms with Gasteiger partial charge in [0, 0.05) is 29.4 Å². The van der Waals surface area contributed by atoms with Crippen molar-refractivity contribution in [2.75, 3.05) is 25.1 Å². The van der Waals surface area contributed by atoms with E-state index >= 15 is 0 Å². The molecular formula is C25H25BrClFN4O4. The number of halogens is 3. The van der Waals surface area contributed by atoms with Gasteiger partial charge in [0.15, 0.2) is 0 Å².